The van der Waals surface area contributed by atoms with E-state index in [4.69, 9.17) is 26.6 Å². The van der Waals surface area contributed by atoms with E-state index in [-0.39, 0.29) is 23.8 Å². The van der Waals surface area contributed by atoms with Gasteiger partial charge in [-0.05, 0) is 50.2 Å². The van der Waals surface area contributed by atoms with Crippen molar-refractivity contribution in [1.29, 1.82) is 10.5 Å². The largest absolute Gasteiger partial charge is 0.474 e. The molecule has 1 unspecified atom stereocenters. The van der Waals surface area contributed by atoms with Crippen LogP contribution in [0, 0.1) is 35.5 Å². The summed E-state index contributed by atoms with van der Waals surface area (Å²) in [5, 5.41) is 21.8. The Hall–Kier alpha value is -2.87. The number of nitriles is 2. The van der Waals surface area contributed by atoms with Gasteiger partial charge in [0.2, 0.25) is 5.88 Å². The maximum atomic E-state index is 9.68. The molecule has 0 saturated heterocycles. The second kappa shape index (κ2) is 9.32. The first-order valence-corrected chi connectivity index (χ1v) is 11.4. The number of hydrogen-bond acceptors (Lipinski definition) is 7. The zero-order valence-electron chi connectivity index (χ0n) is 18.7. The van der Waals surface area contributed by atoms with Gasteiger partial charge in [0.15, 0.2) is 0 Å². The molecule has 1 atom stereocenters. The highest BCUT2D eigenvalue weighted by Crippen LogP contribution is 2.36. The zero-order chi connectivity index (χ0) is 22.8. The van der Waals surface area contributed by atoms with Gasteiger partial charge >= 0.3 is 0 Å². The van der Waals surface area contributed by atoms with E-state index in [1.54, 1.807) is 0 Å². The summed E-state index contributed by atoms with van der Waals surface area (Å²) in [4.78, 5) is 11.4. The summed E-state index contributed by atoms with van der Waals surface area (Å²) in [5.74, 6) is 2.03. The van der Waals surface area contributed by atoms with Crippen LogP contribution in [0.4, 0.5) is 5.82 Å². The van der Waals surface area contributed by atoms with Gasteiger partial charge in [-0.2, -0.15) is 10.5 Å². The quantitative estimate of drug-likeness (QED) is 0.509. The monoisotopic (exact) mass is 450 g/mol. The molecule has 0 radical (unpaired) electrons. The summed E-state index contributed by atoms with van der Waals surface area (Å²) in [6.45, 7) is 7.95. The minimum Gasteiger partial charge on any atom is -0.474 e. The predicted molar refractivity (Wildman–Crippen MR) is 122 cm³/mol. The van der Waals surface area contributed by atoms with Crippen LogP contribution in [0.2, 0.25) is 5.15 Å². The maximum Gasteiger partial charge on any atom is 0.213 e. The SMILES string of the molecule is Cc1nc(OC2CC(C)C2)ccc1C(C)N1CCc2c(NCC#N)nc(Cl)c(C#N)c2C1. The molecule has 4 rings (SSSR count). The number of rotatable bonds is 6. The minimum absolute atomic E-state index is 0.113. The van der Waals surface area contributed by atoms with E-state index >= 15 is 0 Å². The summed E-state index contributed by atoms with van der Waals surface area (Å²) in [6, 6.07) is 8.46. The van der Waals surface area contributed by atoms with Gasteiger partial charge in [0.05, 0.1) is 11.6 Å². The van der Waals surface area contributed by atoms with Crippen LogP contribution in [-0.2, 0) is 13.0 Å². The van der Waals surface area contributed by atoms with Crippen LogP contribution < -0.4 is 10.1 Å². The highest BCUT2D eigenvalue weighted by molar-refractivity contribution is 6.30. The van der Waals surface area contributed by atoms with E-state index in [1.807, 2.05) is 13.0 Å². The number of nitrogens with one attached hydrogen (secondary N) is 1. The fraction of sp³-hybridized carbons (Fsp3) is 0.500. The Balaban J connectivity index is 1.55. The van der Waals surface area contributed by atoms with E-state index in [0.717, 1.165) is 54.1 Å². The summed E-state index contributed by atoms with van der Waals surface area (Å²) in [6.07, 6.45) is 3.19. The van der Waals surface area contributed by atoms with Gasteiger partial charge < -0.3 is 10.1 Å². The van der Waals surface area contributed by atoms with Gasteiger partial charge in [0.25, 0.3) is 0 Å². The molecule has 7 nitrogen and oxygen atoms in total. The van der Waals surface area contributed by atoms with Gasteiger partial charge in [-0.1, -0.05) is 24.6 Å². The molecule has 2 aromatic rings. The highest BCUT2D eigenvalue weighted by Gasteiger charge is 2.30. The van der Waals surface area contributed by atoms with Crippen molar-refractivity contribution in [1.82, 2.24) is 14.9 Å². The van der Waals surface area contributed by atoms with Gasteiger partial charge in [0.1, 0.15) is 29.7 Å². The predicted octanol–water partition coefficient (Wildman–Crippen LogP) is 4.54. The number of aryl methyl sites for hydroxylation is 1. The molecule has 1 fully saturated rings. The van der Waals surface area contributed by atoms with E-state index < -0.39 is 0 Å². The minimum atomic E-state index is 0.113. The average molecular weight is 451 g/mol. The number of aromatic nitrogens is 2. The number of ether oxygens (including phenoxy) is 1. The van der Waals surface area contributed by atoms with Crippen molar-refractivity contribution in [3.05, 3.63) is 45.2 Å². The molecule has 166 valence electrons. The number of anilines is 1. The summed E-state index contributed by atoms with van der Waals surface area (Å²) < 4.78 is 6.00. The Kier molecular flexibility index (Phi) is 6.50. The van der Waals surface area contributed by atoms with Gasteiger partial charge in [-0.15, -0.1) is 0 Å². The van der Waals surface area contributed by atoms with Crippen molar-refractivity contribution in [2.75, 3.05) is 18.4 Å². The van der Waals surface area contributed by atoms with Crippen LogP contribution in [0.3, 0.4) is 0 Å². The number of pyridine rings is 2. The second-order valence-electron chi connectivity index (χ2n) is 8.74. The molecule has 2 aromatic heterocycles. The molecule has 8 heteroatoms. The van der Waals surface area contributed by atoms with Crippen LogP contribution in [0.5, 0.6) is 5.88 Å². The molecule has 0 amide bonds. The van der Waals surface area contributed by atoms with Crippen LogP contribution in [0.25, 0.3) is 0 Å². The summed E-state index contributed by atoms with van der Waals surface area (Å²) >= 11 is 6.30. The third kappa shape index (κ3) is 4.37. The molecule has 3 heterocycles. The Labute approximate surface area is 194 Å². The van der Waals surface area contributed by atoms with Gasteiger partial charge in [-0.25, -0.2) is 9.97 Å². The molecule has 2 aliphatic rings. The first-order valence-electron chi connectivity index (χ1n) is 11.0. The van der Waals surface area contributed by atoms with E-state index in [9.17, 15) is 5.26 Å². The van der Waals surface area contributed by atoms with Crippen molar-refractivity contribution in [3.8, 4) is 18.0 Å². The summed E-state index contributed by atoms with van der Waals surface area (Å²) in [7, 11) is 0. The molecule has 0 spiro atoms. The van der Waals surface area contributed by atoms with Crippen LogP contribution in [0.1, 0.15) is 60.7 Å². The fourth-order valence-corrected chi connectivity index (χ4v) is 4.92. The third-order valence-corrected chi connectivity index (χ3v) is 6.82. The van der Waals surface area contributed by atoms with Crippen molar-refractivity contribution < 1.29 is 4.74 Å². The second-order valence-corrected chi connectivity index (χ2v) is 9.10. The zero-order valence-corrected chi connectivity index (χ0v) is 19.4. The third-order valence-electron chi connectivity index (χ3n) is 6.54. The Morgan fingerprint density at radius 3 is 2.72 bits per heavy atom. The standard InChI is InChI=1S/C24H27ClN6O/c1-14-10-17(11-14)32-22-5-4-18(15(2)29-22)16(3)31-9-6-19-21(13-31)20(12-27)23(25)30-24(19)28-8-7-26/h4-5,14,16-17H,6,8-11,13H2,1-3H3,(H,28,30). The first kappa shape index (κ1) is 22.3. The molecular formula is C24H27ClN6O. The molecule has 1 aliphatic carbocycles. The molecule has 0 aromatic carbocycles. The summed E-state index contributed by atoms with van der Waals surface area (Å²) in [5.41, 5.74) is 4.37. The number of halogens is 1. The molecule has 32 heavy (non-hydrogen) atoms. The van der Waals surface area contributed by atoms with Gasteiger partial charge in [-0.3, -0.25) is 4.90 Å². The molecule has 1 saturated carbocycles. The van der Waals surface area contributed by atoms with Gasteiger partial charge in [0, 0.05) is 36.5 Å². The fourth-order valence-electron chi connectivity index (χ4n) is 4.68. The van der Waals surface area contributed by atoms with Crippen LogP contribution in [0.15, 0.2) is 12.1 Å². The number of fused-ring (bicyclic) bond motifs is 1. The molecule has 1 N–H and O–H groups in total. The molecular weight excluding hydrogens is 424 g/mol. The topological polar surface area (TPSA) is 97.9 Å². The number of hydrogen-bond donors (Lipinski definition) is 1. The van der Waals surface area contributed by atoms with Crippen molar-refractivity contribution in [2.24, 2.45) is 5.92 Å². The normalized spacial score (nSPS) is 20.9. The lowest BCUT2D eigenvalue weighted by Crippen LogP contribution is -2.35. The lowest BCUT2D eigenvalue weighted by atomic mass is 9.84. The highest BCUT2D eigenvalue weighted by atomic mass is 35.5. The lowest BCUT2D eigenvalue weighted by Gasteiger charge is -2.35. The Bertz CT molecular complexity index is 1100. The van der Waals surface area contributed by atoms with E-state index in [0.29, 0.717) is 23.8 Å². The van der Waals surface area contributed by atoms with Crippen molar-refractivity contribution >= 4 is 17.4 Å². The van der Waals surface area contributed by atoms with E-state index in [2.05, 4.69) is 47.3 Å². The molecule has 0 bridgehead atoms. The average Bonchev–Trinajstić information content (AvgIpc) is 2.75. The Morgan fingerprint density at radius 2 is 2.06 bits per heavy atom. The van der Waals surface area contributed by atoms with E-state index in [1.165, 1.54) is 0 Å². The smallest absolute Gasteiger partial charge is 0.213 e. The van der Waals surface area contributed by atoms with Crippen LogP contribution in [-0.4, -0.2) is 34.1 Å². The Morgan fingerprint density at radius 1 is 1.28 bits per heavy atom. The first-order chi connectivity index (χ1) is 15.4. The molecule has 1 aliphatic heterocycles. The lowest BCUT2D eigenvalue weighted by molar-refractivity contribution is 0.0693. The van der Waals surface area contributed by atoms with Crippen LogP contribution >= 0.6 is 11.6 Å². The van der Waals surface area contributed by atoms with Crippen molar-refractivity contribution in [2.45, 2.75) is 58.7 Å². The maximum absolute atomic E-state index is 9.68. The number of nitrogens with zero attached hydrogens (tertiary/aromatic N) is 5. The van der Waals surface area contributed by atoms with Crippen molar-refractivity contribution in [3.63, 3.8) is 0 Å².